The maximum Gasteiger partial charge on any atom is 0.226 e. The summed E-state index contributed by atoms with van der Waals surface area (Å²) in [6, 6.07) is 6.12. The number of amides is 1. The van der Waals surface area contributed by atoms with Crippen molar-refractivity contribution in [2.45, 2.75) is 13.3 Å². The van der Waals surface area contributed by atoms with E-state index < -0.39 is 0 Å². The summed E-state index contributed by atoms with van der Waals surface area (Å²) in [7, 11) is 1.74. The summed E-state index contributed by atoms with van der Waals surface area (Å²) < 4.78 is 12.9. The monoisotopic (exact) mass is 238 g/mol. The molecular formula is C13H19FN2O. The Labute approximate surface area is 101 Å². The lowest BCUT2D eigenvalue weighted by atomic mass is 10.1. The first-order chi connectivity index (χ1) is 8.02. The predicted octanol–water partition coefficient (Wildman–Crippen LogP) is 1.42. The van der Waals surface area contributed by atoms with E-state index in [1.54, 1.807) is 24.1 Å². The molecule has 0 saturated carbocycles. The van der Waals surface area contributed by atoms with Gasteiger partial charge in [-0.1, -0.05) is 19.1 Å². The first-order valence-electron chi connectivity index (χ1n) is 5.71. The van der Waals surface area contributed by atoms with Crippen molar-refractivity contribution < 1.29 is 9.18 Å². The molecule has 0 bridgehead atoms. The molecule has 1 atom stereocenters. The Hall–Kier alpha value is -1.42. The van der Waals surface area contributed by atoms with Crippen LogP contribution in [0.5, 0.6) is 0 Å². The van der Waals surface area contributed by atoms with Gasteiger partial charge in [0.2, 0.25) is 5.91 Å². The molecule has 3 nitrogen and oxygen atoms in total. The van der Waals surface area contributed by atoms with Gasteiger partial charge < -0.3 is 10.6 Å². The van der Waals surface area contributed by atoms with Crippen LogP contribution in [-0.2, 0) is 11.2 Å². The molecule has 4 heteroatoms. The molecule has 0 aromatic heterocycles. The smallest absolute Gasteiger partial charge is 0.226 e. The molecule has 1 unspecified atom stereocenters. The van der Waals surface area contributed by atoms with Crippen molar-refractivity contribution >= 4 is 5.91 Å². The zero-order chi connectivity index (χ0) is 12.8. The van der Waals surface area contributed by atoms with Gasteiger partial charge in [0.05, 0.1) is 6.42 Å². The number of carbonyl (C=O) groups excluding carboxylic acids is 1. The van der Waals surface area contributed by atoms with E-state index in [1.165, 1.54) is 12.1 Å². The molecule has 1 aromatic rings. The van der Waals surface area contributed by atoms with Gasteiger partial charge in [-0.05, 0) is 30.2 Å². The van der Waals surface area contributed by atoms with Crippen LogP contribution >= 0.6 is 0 Å². The fourth-order valence-corrected chi connectivity index (χ4v) is 1.60. The summed E-state index contributed by atoms with van der Waals surface area (Å²) in [6.45, 7) is 3.17. The third kappa shape index (κ3) is 4.53. The SMILES string of the molecule is CC(CN)CN(C)C(=O)Cc1cccc(F)c1. The molecule has 2 N–H and O–H groups in total. The summed E-state index contributed by atoms with van der Waals surface area (Å²) in [5.74, 6) is -0.0550. The summed E-state index contributed by atoms with van der Waals surface area (Å²) in [5.41, 5.74) is 6.20. The molecular weight excluding hydrogens is 219 g/mol. The topological polar surface area (TPSA) is 46.3 Å². The van der Waals surface area contributed by atoms with Gasteiger partial charge in [0.25, 0.3) is 0 Å². The van der Waals surface area contributed by atoms with Gasteiger partial charge in [-0.2, -0.15) is 0 Å². The van der Waals surface area contributed by atoms with Crippen LogP contribution in [-0.4, -0.2) is 30.9 Å². The molecule has 0 heterocycles. The van der Waals surface area contributed by atoms with Crippen molar-refractivity contribution in [1.29, 1.82) is 0 Å². The van der Waals surface area contributed by atoms with Crippen molar-refractivity contribution in [3.05, 3.63) is 35.6 Å². The van der Waals surface area contributed by atoms with Gasteiger partial charge in [-0.3, -0.25) is 4.79 Å². The van der Waals surface area contributed by atoms with Crippen LogP contribution in [0.2, 0.25) is 0 Å². The number of rotatable bonds is 5. The van der Waals surface area contributed by atoms with Gasteiger partial charge in [-0.25, -0.2) is 4.39 Å². The molecule has 0 radical (unpaired) electrons. The van der Waals surface area contributed by atoms with Crippen LogP contribution in [0.1, 0.15) is 12.5 Å². The zero-order valence-corrected chi connectivity index (χ0v) is 10.3. The van der Waals surface area contributed by atoms with Crippen molar-refractivity contribution in [2.24, 2.45) is 11.7 Å². The minimum atomic E-state index is -0.312. The lowest BCUT2D eigenvalue weighted by Crippen LogP contribution is -2.34. The highest BCUT2D eigenvalue weighted by Crippen LogP contribution is 2.06. The Morgan fingerprint density at radius 2 is 2.24 bits per heavy atom. The van der Waals surface area contributed by atoms with E-state index in [4.69, 9.17) is 5.73 Å². The van der Waals surface area contributed by atoms with E-state index in [0.29, 0.717) is 18.7 Å². The second kappa shape index (κ2) is 6.35. The lowest BCUT2D eigenvalue weighted by Gasteiger charge is -2.20. The number of carbonyl (C=O) groups is 1. The highest BCUT2D eigenvalue weighted by atomic mass is 19.1. The average Bonchev–Trinajstić information content (AvgIpc) is 2.28. The normalized spacial score (nSPS) is 12.2. The summed E-state index contributed by atoms with van der Waals surface area (Å²) in [5, 5.41) is 0. The Balaban J connectivity index is 2.54. The number of benzene rings is 1. The molecule has 1 rings (SSSR count). The Morgan fingerprint density at radius 3 is 2.82 bits per heavy atom. The van der Waals surface area contributed by atoms with E-state index in [0.717, 1.165) is 0 Å². The average molecular weight is 238 g/mol. The van der Waals surface area contributed by atoms with Crippen molar-refractivity contribution in [3.8, 4) is 0 Å². The number of nitrogens with zero attached hydrogens (tertiary/aromatic N) is 1. The Bertz CT molecular complexity index is 381. The summed E-state index contributed by atoms with van der Waals surface area (Å²) >= 11 is 0. The number of nitrogens with two attached hydrogens (primary N) is 1. The van der Waals surface area contributed by atoms with Crippen LogP contribution in [0.25, 0.3) is 0 Å². The van der Waals surface area contributed by atoms with E-state index >= 15 is 0 Å². The van der Waals surface area contributed by atoms with Gasteiger partial charge in [0, 0.05) is 13.6 Å². The highest BCUT2D eigenvalue weighted by Gasteiger charge is 2.12. The quantitative estimate of drug-likeness (QED) is 0.843. The van der Waals surface area contributed by atoms with Crippen LogP contribution in [0.3, 0.4) is 0 Å². The van der Waals surface area contributed by atoms with Crippen LogP contribution in [0.15, 0.2) is 24.3 Å². The molecule has 1 amide bonds. The maximum atomic E-state index is 12.9. The van der Waals surface area contributed by atoms with E-state index in [9.17, 15) is 9.18 Å². The zero-order valence-electron chi connectivity index (χ0n) is 10.3. The number of likely N-dealkylation sites (N-methyl/N-ethyl adjacent to an activating group) is 1. The van der Waals surface area contributed by atoms with Gasteiger partial charge in [0.15, 0.2) is 0 Å². The second-order valence-corrected chi connectivity index (χ2v) is 4.42. The largest absolute Gasteiger partial charge is 0.345 e. The fourth-order valence-electron chi connectivity index (χ4n) is 1.60. The Morgan fingerprint density at radius 1 is 1.53 bits per heavy atom. The molecule has 0 aliphatic rings. The van der Waals surface area contributed by atoms with Crippen LogP contribution in [0, 0.1) is 11.7 Å². The highest BCUT2D eigenvalue weighted by molar-refractivity contribution is 5.78. The minimum absolute atomic E-state index is 0.0177. The maximum absolute atomic E-state index is 12.9. The fraction of sp³-hybridized carbons (Fsp3) is 0.462. The van der Waals surface area contributed by atoms with E-state index in [1.807, 2.05) is 6.92 Å². The molecule has 0 saturated heterocycles. The number of hydrogen-bond donors (Lipinski definition) is 1. The second-order valence-electron chi connectivity index (χ2n) is 4.42. The third-order valence-electron chi connectivity index (χ3n) is 2.66. The number of halogens is 1. The summed E-state index contributed by atoms with van der Waals surface area (Å²) in [6.07, 6.45) is 0.228. The predicted molar refractivity (Wildman–Crippen MR) is 66.0 cm³/mol. The third-order valence-corrected chi connectivity index (χ3v) is 2.66. The van der Waals surface area contributed by atoms with Gasteiger partial charge in [-0.15, -0.1) is 0 Å². The first kappa shape index (κ1) is 13.6. The van der Waals surface area contributed by atoms with Crippen molar-refractivity contribution in [2.75, 3.05) is 20.1 Å². The standard InChI is InChI=1S/C13H19FN2O/c1-10(8-15)9-16(2)13(17)7-11-4-3-5-12(14)6-11/h3-6,10H,7-9,15H2,1-2H3. The first-order valence-corrected chi connectivity index (χ1v) is 5.71. The molecule has 0 aliphatic carbocycles. The molecule has 1 aromatic carbocycles. The lowest BCUT2D eigenvalue weighted by molar-refractivity contribution is -0.129. The van der Waals surface area contributed by atoms with Crippen molar-refractivity contribution in [3.63, 3.8) is 0 Å². The van der Waals surface area contributed by atoms with Gasteiger partial charge >= 0.3 is 0 Å². The van der Waals surface area contributed by atoms with Crippen molar-refractivity contribution in [1.82, 2.24) is 4.90 Å². The van der Waals surface area contributed by atoms with Gasteiger partial charge in [0.1, 0.15) is 5.82 Å². The number of hydrogen-bond acceptors (Lipinski definition) is 2. The van der Waals surface area contributed by atoms with E-state index in [-0.39, 0.29) is 24.1 Å². The Kier molecular flexibility index (Phi) is 5.10. The summed E-state index contributed by atoms with van der Waals surface area (Å²) in [4.78, 5) is 13.5. The molecule has 17 heavy (non-hydrogen) atoms. The molecule has 0 fully saturated rings. The molecule has 94 valence electrons. The van der Waals surface area contributed by atoms with E-state index in [2.05, 4.69) is 0 Å². The molecule has 0 aliphatic heterocycles. The minimum Gasteiger partial charge on any atom is -0.345 e. The van der Waals surface area contributed by atoms with Crippen LogP contribution < -0.4 is 5.73 Å². The van der Waals surface area contributed by atoms with Crippen LogP contribution in [0.4, 0.5) is 4.39 Å². The molecule has 0 spiro atoms.